The normalized spacial score (nSPS) is 27.9. The van der Waals surface area contributed by atoms with Gasteiger partial charge in [-0.15, -0.1) is 0 Å². The van der Waals surface area contributed by atoms with Gasteiger partial charge in [0.15, 0.2) is 11.2 Å². The van der Waals surface area contributed by atoms with Crippen LogP contribution in [0.15, 0.2) is 24.3 Å². The smallest absolute Gasteiger partial charge is 0.263 e. The van der Waals surface area contributed by atoms with Crippen molar-refractivity contribution in [1.29, 1.82) is 0 Å². The number of hydrogen-bond acceptors (Lipinski definition) is 6. The molecule has 0 aliphatic carbocycles. The van der Waals surface area contributed by atoms with Crippen molar-refractivity contribution in [1.82, 2.24) is 15.2 Å². The standard InChI is InChI=1S/C22H26N4O2S/c27-21(19-8-5-14-3-1-2-4-18(14)28-19)25-10-9-17-20(13-25)29-22(24-17)26-15-6-7-16(26)12-23-11-15/h1-4,15-16,19,23H,5-13H2. The van der Waals surface area contributed by atoms with E-state index in [-0.39, 0.29) is 12.0 Å². The molecule has 1 aromatic carbocycles. The molecule has 2 saturated heterocycles. The van der Waals surface area contributed by atoms with Crippen LogP contribution in [0, 0.1) is 0 Å². The van der Waals surface area contributed by atoms with Gasteiger partial charge in [0.1, 0.15) is 5.75 Å². The number of benzene rings is 1. The van der Waals surface area contributed by atoms with Gasteiger partial charge in [0.2, 0.25) is 0 Å². The van der Waals surface area contributed by atoms with Gasteiger partial charge in [0, 0.05) is 43.0 Å². The Bertz CT molecular complexity index is 929. The highest BCUT2D eigenvalue weighted by Gasteiger charge is 2.39. The summed E-state index contributed by atoms with van der Waals surface area (Å²) < 4.78 is 6.05. The lowest BCUT2D eigenvalue weighted by molar-refractivity contribution is -0.140. The van der Waals surface area contributed by atoms with E-state index in [0.717, 1.165) is 44.6 Å². The van der Waals surface area contributed by atoms with Crippen molar-refractivity contribution in [2.24, 2.45) is 0 Å². The van der Waals surface area contributed by atoms with Crippen molar-refractivity contribution in [2.45, 2.75) is 56.8 Å². The summed E-state index contributed by atoms with van der Waals surface area (Å²) in [4.78, 5) is 23.9. The van der Waals surface area contributed by atoms with Crippen LogP contribution in [-0.2, 0) is 24.2 Å². The molecule has 0 spiro atoms. The summed E-state index contributed by atoms with van der Waals surface area (Å²) >= 11 is 1.80. The molecule has 3 atom stereocenters. The Morgan fingerprint density at radius 2 is 1.97 bits per heavy atom. The number of carbonyl (C=O) groups excluding carboxylic acids is 1. The zero-order valence-corrected chi connectivity index (χ0v) is 17.3. The van der Waals surface area contributed by atoms with Crippen LogP contribution >= 0.6 is 11.3 Å². The van der Waals surface area contributed by atoms with Crippen molar-refractivity contribution in [3.8, 4) is 5.75 Å². The molecule has 0 saturated carbocycles. The second-order valence-corrected chi connectivity index (χ2v) is 9.64. The molecule has 0 radical (unpaired) electrons. The van der Waals surface area contributed by atoms with E-state index in [1.54, 1.807) is 11.3 Å². The number of aromatic nitrogens is 1. The molecule has 2 aromatic rings. The van der Waals surface area contributed by atoms with E-state index in [0.29, 0.717) is 18.6 Å². The zero-order valence-electron chi connectivity index (χ0n) is 16.5. The predicted molar refractivity (Wildman–Crippen MR) is 113 cm³/mol. The Hall–Kier alpha value is -2.12. The van der Waals surface area contributed by atoms with Gasteiger partial charge < -0.3 is 19.9 Å². The molecule has 4 aliphatic rings. The van der Waals surface area contributed by atoms with Gasteiger partial charge in [0.25, 0.3) is 5.91 Å². The third-order valence-electron chi connectivity index (χ3n) is 6.83. The highest BCUT2D eigenvalue weighted by molar-refractivity contribution is 7.15. The number of piperazine rings is 1. The Kier molecular flexibility index (Phi) is 4.27. The van der Waals surface area contributed by atoms with Gasteiger partial charge in [-0.3, -0.25) is 4.79 Å². The number of fused-ring (bicyclic) bond motifs is 4. The van der Waals surface area contributed by atoms with Crippen LogP contribution < -0.4 is 15.0 Å². The number of rotatable bonds is 2. The van der Waals surface area contributed by atoms with Crippen molar-refractivity contribution in [3.63, 3.8) is 0 Å². The third-order valence-corrected chi connectivity index (χ3v) is 7.92. The van der Waals surface area contributed by atoms with Gasteiger partial charge in [-0.25, -0.2) is 4.98 Å². The highest BCUT2D eigenvalue weighted by atomic mass is 32.1. The molecule has 6 rings (SSSR count). The first-order chi connectivity index (χ1) is 14.3. The maximum atomic E-state index is 13.2. The van der Waals surface area contributed by atoms with E-state index in [2.05, 4.69) is 16.3 Å². The Labute approximate surface area is 174 Å². The number of thiazole rings is 1. The van der Waals surface area contributed by atoms with E-state index < -0.39 is 0 Å². The SMILES string of the molecule is O=C(C1CCc2ccccc2O1)N1CCc2nc(N3C4CCC3CNC4)sc2C1. The quantitative estimate of drug-likeness (QED) is 0.824. The zero-order chi connectivity index (χ0) is 19.4. The van der Waals surface area contributed by atoms with Crippen molar-refractivity contribution in [2.75, 3.05) is 24.5 Å². The minimum atomic E-state index is -0.358. The maximum absolute atomic E-state index is 13.2. The summed E-state index contributed by atoms with van der Waals surface area (Å²) in [5, 5.41) is 4.71. The lowest BCUT2D eigenvalue weighted by Gasteiger charge is -2.35. The van der Waals surface area contributed by atoms with Gasteiger partial charge in [0.05, 0.1) is 12.2 Å². The molecule has 2 fully saturated rings. The van der Waals surface area contributed by atoms with E-state index in [1.807, 2.05) is 23.1 Å². The third kappa shape index (κ3) is 3.02. The van der Waals surface area contributed by atoms with Crippen LogP contribution in [0.1, 0.15) is 35.4 Å². The number of nitrogens with one attached hydrogen (secondary N) is 1. The number of carbonyl (C=O) groups is 1. The summed E-state index contributed by atoms with van der Waals surface area (Å²) in [5.41, 5.74) is 2.40. The van der Waals surface area contributed by atoms with E-state index >= 15 is 0 Å². The molecule has 1 N–H and O–H groups in total. The van der Waals surface area contributed by atoms with E-state index in [4.69, 9.17) is 9.72 Å². The van der Waals surface area contributed by atoms with Crippen molar-refractivity contribution < 1.29 is 9.53 Å². The number of hydrogen-bond donors (Lipinski definition) is 1. The summed E-state index contributed by atoms with van der Waals surface area (Å²) in [6.07, 6.45) is 4.67. The number of aryl methyl sites for hydroxylation is 1. The highest BCUT2D eigenvalue weighted by Crippen LogP contribution is 2.38. The van der Waals surface area contributed by atoms with Crippen LogP contribution in [0.5, 0.6) is 5.75 Å². The molecule has 1 amide bonds. The number of para-hydroxylation sites is 1. The summed E-state index contributed by atoms with van der Waals surface area (Å²) in [5.74, 6) is 0.992. The number of anilines is 1. The fourth-order valence-electron chi connectivity index (χ4n) is 5.27. The molecule has 6 nitrogen and oxygen atoms in total. The largest absolute Gasteiger partial charge is 0.480 e. The molecule has 2 bridgehead atoms. The van der Waals surface area contributed by atoms with Gasteiger partial charge in [-0.1, -0.05) is 29.5 Å². The predicted octanol–water partition coefficient (Wildman–Crippen LogP) is 2.36. The van der Waals surface area contributed by atoms with Crippen molar-refractivity contribution >= 4 is 22.4 Å². The van der Waals surface area contributed by atoms with E-state index in [1.165, 1.54) is 34.1 Å². The molecule has 5 heterocycles. The van der Waals surface area contributed by atoms with Gasteiger partial charge in [-0.2, -0.15) is 0 Å². The average molecular weight is 411 g/mol. The van der Waals surface area contributed by atoms with Crippen LogP contribution in [0.3, 0.4) is 0 Å². The van der Waals surface area contributed by atoms with Crippen LogP contribution in [0.25, 0.3) is 0 Å². The molecular weight excluding hydrogens is 384 g/mol. The molecule has 4 aliphatic heterocycles. The first-order valence-corrected chi connectivity index (χ1v) is 11.6. The summed E-state index contributed by atoms with van der Waals surface area (Å²) in [6.45, 7) is 3.54. The number of amides is 1. The monoisotopic (exact) mass is 410 g/mol. The molecular formula is C22H26N4O2S. The van der Waals surface area contributed by atoms with Crippen molar-refractivity contribution in [3.05, 3.63) is 40.4 Å². The molecule has 29 heavy (non-hydrogen) atoms. The molecule has 1 aromatic heterocycles. The minimum absolute atomic E-state index is 0.127. The maximum Gasteiger partial charge on any atom is 0.263 e. The number of ether oxygens (including phenoxy) is 1. The van der Waals surface area contributed by atoms with Crippen LogP contribution in [-0.4, -0.2) is 53.6 Å². The van der Waals surface area contributed by atoms with E-state index in [9.17, 15) is 4.79 Å². The lowest BCUT2D eigenvalue weighted by atomic mass is 10.0. The second-order valence-electron chi connectivity index (χ2n) is 8.58. The van der Waals surface area contributed by atoms with Gasteiger partial charge in [-0.05, 0) is 37.3 Å². The Balaban J connectivity index is 1.18. The lowest BCUT2D eigenvalue weighted by Crippen LogP contribution is -2.51. The first kappa shape index (κ1) is 17.7. The molecule has 7 heteroatoms. The van der Waals surface area contributed by atoms with Crippen LogP contribution in [0.4, 0.5) is 5.13 Å². The molecule has 152 valence electrons. The number of nitrogens with zero attached hydrogens (tertiary/aromatic N) is 3. The van der Waals surface area contributed by atoms with Gasteiger partial charge >= 0.3 is 0 Å². The Morgan fingerprint density at radius 1 is 1.14 bits per heavy atom. The first-order valence-electron chi connectivity index (χ1n) is 10.8. The fraction of sp³-hybridized carbons (Fsp3) is 0.545. The second kappa shape index (κ2) is 6.99. The fourth-order valence-corrected chi connectivity index (χ4v) is 6.54. The Morgan fingerprint density at radius 3 is 2.83 bits per heavy atom. The summed E-state index contributed by atoms with van der Waals surface area (Å²) in [6, 6.07) is 9.22. The summed E-state index contributed by atoms with van der Waals surface area (Å²) in [7, 11) is 0. The topological polar surface area (TPSA) is 57.7 Å². The van der Waals surface area contributed by atoms with Crippen LogP contribution in [0.2, 0.25) is 0 Å². The minimum Gasteiger partial charge on any atom is -0.480 e. The molecule has 3 unspecified atom stereocenters. The average Bonchev–Trinajstić information content (AvgIpc) is 3.29.